The number of hydrazone groups is 1. The Kier molecular flexibility index (Phi) is 4.31. The van der Waals surface area contributed by atoms with Gasteiger partial charge in [0.1, 0.15) is 0 Å². The van der Waals surface area contributed by atoms with Crippen molar-refractivity contribution in [1.29, 1.82) is 0 Å². The lowest BCUT2D eigenvalue weighted by Gasteiger charge is -1.98. The molecule has 2 nitrogen and oxygen atoms in total. The molecule has 18 heavy (non-hydrogen) atoms. The smallest absolute Gasteiger partial charge is 0.0561 e. The van der Waals surface area contributed by atoms with Gasteiger partial charge in [0.2, 0.25) is 0 Å². The van der Waals surface area contributed by atoms with Crippen molar-refractivity contribution in [2.24, 2.45) is 5.10 Å². The molecule has 0 heterocycles. The van der Waals surface area contributed by atoms with E-state index in [9.17, 15) is 0 Å². The molecule has 2 heteroatoms. The van der Waals surface area contributed by atoms with Gasteiger partial charge in [-0.25, -0.2) is 0 Å². The lowest BCUT2D eigenvalue weighted by Crippen LogP contribution is -1.89. The summed E-state index contributed by atoms with van der Waals surface area (Å²) >= 11 is 0. The zero-order valence-electron chi connectivity index (χ0n) is 10.4. The SMILES string of the molecule is CC(/C=N\Nc1ccccc1)=C\c1ccccc1. The van der Waals surface area contributed by atoms with Crippen molar-refractivity contribution in [2.75, 3.05) is 5.43 Å². The number of anilines is 1. The third-order valence-corrected chi connectivity index (χ3v) is 2.43. The molecular formula is C16H16N2. The summed E-state index contributed by atoms with van der Waals surface area (Å²) < 4.78 is 0. The molecule has 90 valence electrons. The Bertz CT molecular complexity index is 528. The molecule has 2 aromatic rings. The molecule has 2 rings (SSSR count). The van der Waals surface area contributed by atoms with E-state index in [-0.39, 0.29) is 0 Å². The normalized spacial score (nSPS) is 11.7. The molecule has 0 saturated heterocycles. The third kappa shape index (κ3) is 3.91. The van der Waals surface area contributed by atoms with Gasteiger partial charge in [-0.2, -0.15) is 5.10 Å². The second-order valence-electron chi connectivity index (χ2n) is 4.04. The Morgan fingerprint density at radius 2 is 1.56 bits per heavy atom. The van der Waals surface area contributed by atoms with Gasteiger partial charge in [0, 0.05) is 0 Å². The van der Waals surface area contributed by atoms with Gasteiger partial charge in [0.25, 0.3) is 0 Å². The van der Waals surface area contributed by atoms with Crippen molar-refractivity contribution in [1.82, 2.24) is 0 Å². The van der Waals surface area contributed by atoms with Crippen molar-refractivity contribution in [3.05, 3.63) is 71.8 Å². The van der Waals surface area contributed by atoms with Gasteiger partial charge in [-0.15, -0.1) is 0 Å². The fraction of sp³-hybridized carbons (Fsp3) is 0.0625. The molecule has 0 bridgehead atoms. The standard InChI is InChI=1S/C16H16N2/c1-14(12-15-8-4-2-5-9-15)13-17-18-16-10-6-3-7-11-16/h2-13,18H,1H3/b14-12+,17-13-. The predicted molar refractivity (Wildman–Crippen MR) is 78.6 cm³/mol. The maximum Gasteiger partial charge on any atom is 0.0561 e. The number of benzene rings is 2. The molecule has 0 unspecified atom stereocenters. The van der Waals surface area contributed by atoms with E-state index >= 15 is 0 Å². The number of nitrogens with one attached hydrogen (secondary N) is 1. The van der Waals surface area contributed by atoms with Crippen LogP contribution in [0.15, 0.2) is 71.3 Å². The average Bonchev–Trinajstić information content (AvgIpc) is 2.41. The zero-order chi connectivity index (χ0) is 12.6. The molecule has 0 aromatic heterocycles. The van der Waals surface area contributed by atoms with Crippen molar-refractivity contribution < 1.29 is 0 Å². The maximum absolute atomic E-state index is 4.19. The fourth-order valence-electron chi connectivity index (χ4n) is 1.57. The predicted octanol–water partition coefficient (Wildman–Crippen LogP) is 4.19. The summed E-state index contributed by atoms with van der Waals surface area (Å²) in [6, 6.07) is 20.1. The van der Waals surface area contributed by atoms with Crippen LogP contribution in [0.1, 0.15) is 12.5 Å². The second-order valence-corrected chi connectivity index (χ2v) is 4.04. The summed E-state index contributed by atoms with van der Waals surface area (Å²) in [5.41, 5.74) is 6.26. The summed E-state index contributed by atoms with van der Waals surface area (Å²) in [4.78, 5) is 0. The van der Waals surface area contributed by atoms with Gasteiger partial charge in [-0.1, -0.05) is 54.6 Å². The number of rotatable bonds is 4. The van der Waals surface area contributed by atoms with Crippen LogP contribution >= 0.6 is 0 Å². The van der Waals surface area contributed by atoms with E-state index in [1.165, 1.54) is 5.56 Å². The topological polar surface area (TPSA) is 24.4 Å². The lowest BCUT2D eigenvalue weighted by atomic mass is 10.1. The van der Waals surface area contributed by atoms with Gasteiger partial charge >= 0.3 is 0 Å². The van der Waals surface area contributed by atoms with E-state index in [0.29, 0.717) is 0 Å². The Morgan fingerprint density at radius 1 is 0.944 bits per heavy atom. The highest BCUT2D eigenvalue weighted by atomic mass is 15.3. The molecule has 0 radical (unpaired) electrons. The summed E-state index contributed by atoms with van der Waals surface area (Å²) in [7, 11) is 0. The molecule has 0 atom stereocenters. The van der Waals surface area contributed by atoms with Gasteiger partial charge in [0.15, 0.2) is 0 Å². The number of para-hydroxylation sites is 1. The van der Waals surface area contributed by atoms with Crippen LogP contribution in [0.4, 0.5) is 5.69 Å². The Morgan fingerprint density at radius 3 is 2.22 bits per heavy atom. The van der Waals surface area contributed by atoms with E-state index in [1.807, 2.05) is 61.7 Å². The van der Waals surface area contributed by atoms with Crippen LogP contribution in [0, 0.1) is 0 Å². The van der Waals surface area contributed by atoms with E-state index in [1.54, 1.807) is 0 Å². The average molecular weight is 236 g/mol. The highest BCUT2D eigenvalue weighted by molar-refractivity contribution is 5.85. The van der Waals surface area contributed by atoms with Crippen molar-refractivity contribution >= 4 is 18.0 Å². The van der Waals surface area contributed by atoms with E-state index in [2.05, 4.69) is 28.7 Å². The van der Waals surface area contributed by atoms with E-state index in [0.717, 1.165) is 11.3 Å². The van der Waals surface area contributed by atoms with Gasteiger partial charge in [-0.3, -0.25) is 5.43 Å². The quantitative estimate of drug-likeness (QED) is 0.624. The first kappa shape index (κ1) is 12.1. The summed E-state index contributed by atoms with van der Waals surface area (Å²) in [6.45, 7) is 2.03. The van der Waals surface area contributed by atoms with Crippen molar-refractivity contribution in [3.63, 3.8) is 0 Å². The lowest BCUT2D eigenvalue weighted by molar-refractivity contribution is 1.35. The molecule has 0 aliphatic heterocycles. The van der Waals surface area contributed by atoms with Crippen molar-refractivity contribution in [2.45, 2.75) is 6.92 Å². The van der Waals surface area contributed by atoms with E-state index in [4.69, 9.17) is 0 Å². The third-order valence-electron chi connectivity index (χ3n) is 2.43. The minimum Gasteiger partial charge on any atom is -0.279 e. The summed E-state index contributed by atoms with van der Waals surface area (Å²) in [6.07, 6.45) is 3.91. The fourth-order valence-corrected chi connectivity index (χ4v) is 1.57. The molecule has 1 N–H and O–H groups in total. The van der Waals surface area contributed by atoms with Crippen LogP contribution in [-0.4, -0.2) is 6.21 Å². The van der Waals surface area contributed by atoms with Crippen molar-refractivity contribution in [3.8, 4) is 0 Å². The maximum atomic E-state index is 4.19. The molecule has 0 saturated carbocycles. The summed E-state index contributed by atoms with van der Waals surface area (Å²) in [5, 5.41) is 4.19. The molecule has 0 aliphatic rings. The van der Waals surface area contributed by atoms with Crippen LogP contribution in [0.2, 0.25) is 0 Å². The molecule has 2 aromatic carbocycles. The first-order valence-corrected chi connectivity index (χ1v) is 5.92. The monoisotopic (exact) mass is 236 g/mol. The largest absolute Gasteiger partial charge is 0.279 e. The molecule has 0 amide bonds. The minimum atomic E-state index is 0.987. The molecule has 0 fully saturated rings. The van der Waals surface area contributed by atoms with E-state index < -0.39 is 0 Å². The van der Waals surface area contributed by atoms with Gasteiger partial charge in [-0.05, 0) is 30.2 Å². The Balaban J connectivity index is 1.95. The van der Waals surface area contributed by atoms with Gasteiger partial charge in [0.05, 0.1) is 11.9 Å². The highest BCUT2D eigenvalue weighted by Crippen LogP contribution is 2.06. The van der Waals surface area contributed by atoms with Crippen LogP contribution in [0.3, 0.4) is 0 Å². The number of hydrogen-bond donors (Lipinski definition) is 1. The number of hydrogen-bond acceptors (Lipinski definition) is 2. The number of allylic oxidation sites excluding steroid dienone is 1. The van der Waals surface area contributed by atoms with Crippen LogP contribution in [0.5, 0.6) is 0 Å². The number of nitrogens with zero attached hydrogens (tertiary/aromatic N) is 1. The zero-order valence-corrected chi connectivity index (χ0v) is 10.4. The molecule has 0 spiro atoms. The Labute approximate surface area is 108 Å². The Hall–Kier alpha value is -2.35. The highest BCUT2D eigenvalue weighted by Gasteiger charge is 1.88. The minimum absolute atomic E-state index is 0.987. The van der Waals surface area contributed by atoms with Crippen LogP contribution in [0.25, 0.3) is 6.08 Å². The first-order chi connectivity index (χ1) is 8.84. The molecular weight excluding hydrogens is 220 g/mol. The van der Waals surface area contributed by atoms with Crippen LogP contribution in [-0.2, 0) is 0 Å². The first-order valence-electron chi connectivity index (χ1n) is 5.92. The van der Waals surface area contributed by atoms with Crippen LogP contribution < -0.4 is 5.43 Å². The summed E-state index contributed by atoms with van der Waals surface area (Å²) in [5.74, 6) is 0. The second kappa shape index (κ2) is 6.40. The molecule has 0 aliphatic carbocycles. The van der Waals surface area contributed by atoms with Gasteiger partial charge < -0.3 is 0 Å².